The quantitative estimate of drug-likeness (QED) is 0.814. The predicted octanol–water partition coefficient (Wildman–Crippen LogP) is 4.32. The van der Waals surface area contributed by atoms with E-state index in [1.54, 1.807) is 6.20 Å². The van der Waals surface area contributed by atoms with Gasteiger partial charge in [0.1, 0.15) is 0 Å². The zero-order valence-electron chi connectivity index (χ0n) is 10.1. The molecule has 1 N–H and O–H groups in total. The van der Waals surface area contributed by atoms with Gasteiger partial charge in [0.05, 0.1) is 0 Å². The Kier molecular flexibility index (Phi) is 3.69. The summed E-state index contributed by atoms with van der Waals surface area (Å²) in [7, 11) is 0. The topological polar surface area (TPSA) is 28.7 Å². The minimum Gasteiger partial charge on any atom is -0.330 e. The molecule has 0 saturated carbocycles. The maximum absolute atomic E-state index is 5.02. The van der Waals surface area contributed by atoms with E-state index in [1.165, 1.54) is 5.56 Å². The van der Waals surface area contributed by atoms with Gasteiger partial charge in [-0.3, -0.25) is 0 Å². The SMILES string of the molecule is CCC(C)c1ccc(-c2ccnc(=S)[nH]2)cc1. The smallest absolute Gasteiger partial charge is 0.197 e. The number of aromatic amines is 1. The van der Waals surface area contributed by atoms with Gasteiger partial charge < -0.3 is 4.98 Å². The minimum atomic E-state index is 0.522. The van der Waals surface area contributed by atoms with Crippen LogP contribution in [0.4, 0.5) is 0 Å². The molecule has 88 valence electrons. The zero-order chi connectivity index (χ0) is 12.3. The Balaban J connectivity index is 2.32. The van der Waals surface area contributed by atoms with Crippen molar-refractivity contribution in [2.45, 2.75) is 26.2 Å². The van der Waals surface area contributed by atoms with Gasteiger partial charge in [-0.05, 0) is 41.7 Å². The van der Waals surface area contributed by atoms with Gasteiger partial charge in [0, 0.05) is 11.9 Å². The first-order valence-corrected chi connectivity index (χ1v) is 6.27. The summed E-state index contributed by atoms with van der Waals surface area (Å²) in [4.78, 5) is 7.07. The molecule has 2 nitrogen and oxygen atoms in total. The van der Waals surface area contributed by atoms with Crippen molar-refractivity contribution in [3.05, 3.63) is 46.9 Å². The van der Waals surface area contributed by atoms with Gasteiger partial charge in [0.25, 0.3) is 0 Å². The second-order valence-electron chi connectivity index (χ2n) is 4.22. The van der Waals surface area contributed by atoms with E-state index < -0.39 is 0 Å². The van der Waals surface area contributed by atoms with Crippen LogP contribution in [0.25, 0.3) is 11.3 Å². The van der Waals surface area contributed by atoms with E-state index in [0.717, 1.165) is 17.7 Å². The number of nitrogens with zero attached hydrogens (tertiary/aromatic N) is 1. The normalized spacial score (nSPS) is 12.4. The maximum atomic E-state index is 5.02. The Hall–Kier alpha value is -1.48. The number of aromatic nitrogens is 2. The van der Waals surface area contributed by atoms with E-state index >= 15 is 0 Å². The second-order valence-corrected chi connectivity index (χ2v) is 4.61. The summed E-state index contributed by atoms with van der Waals surface area (Å²) in [5.74, 6) is 0.611. The van der Waals surface area contributed by atoms with Crippen LogP contribution in [0.3, 0.4) is 0 Å². The summed E-state index contributed by atoms with van der Waals surface area (Å²) in [6.45, 7) is 4.45. The lowest BCUT2D eigenvalue weighted by atomic mass is 9.97. The zero-order valence-corrected chi connectivity index (χ0v) is 10.9. The Morgan fingerprint density at radius 2 is 1.94 bits per heavy atom. The average Bonchev–Trinajstić information content (AvgIpc) is 2.38. The van der Waals surface area contributed by atoms with Gasteiger partial charge >= 0.3 is 0 Å². The first kappa shape index (κ1) is 12.0. The van der Waals surface area contributed by atoms with Gasteiger partial charge in [0.2, 0.25) is 0 Å². The van der Waals surface area contributed by atoms with Gasteiger partial charge in [-0.2, -0.15) is 0 Å². The van der Waals surface area contributed by atoms with Crippen LogP contribution in [-0.2, 0) is 0 Å². The van der Waals surface area contributed by atoms with E-state index in [0.29, 0.717) is 10.7 Å². The summed E-state index contributed by atoms with van der Waals surface area (Å²) in [5.41, 5.74) is 3.54. The summed E-state index contributed by atoms with van der Waals surface area (Å²) < 4.78 is 0.522. The van der Waals surface area contributed by atoms with Crippen molar-refractivity contribution in [2.24, 2.45) is 0 Å². The molecule has 0 spiro atoms. The van der Waals surface area contributed by atoms with Crippen molar-refractivity contribution in [1.29, 1.82) is 0 Å². The van der Waals surface area contributed by atoms with Gasteiger partial charge in [-0.15, -0.1) is 0 Å². The van der Waals surface area contributed by atoms with E-state index in [9.17, 15) is 0 Å². The van der Waals surface area contributed by atoms with Crippen molar-refractivity contribution in [3.8, 4) is 11.3 Å². The van der Waals surface area contributed by atoms with Crippen LogP contribution in [-0.4, -0.2) is 9.97 Å². The average molecular weight is 244 g/mol. The third-order valence-corrected chi connectivity index (χ3v) is 3.29. The van der Waals surface area contributed by atoms with Crippen LogP contribution >= 0.6 is 12.2 Å². The molecule has 1 aromatic carbocycles. The summed E-state index contributed by atoms with van der Waals surface area (Å²) in [5, 5.41) is 0. The molecule has 0 fully saturated rings. The lowest BCUT2D eigenvalue weighted by Gasteiger charge is -2.09. The highest BCUT2D eigenvalue weighted by atomic mass is 32.1. The molecule has 1 aromatic heterocycles. The van der Waals surface area contributed by atoms with Crippen molar-refractivity contribution in [1.82, 2.24) is 9.97 Å². The molecule has 0 aliphatic carbocycles. The largest absolute Gasteiger partial charge is 0.330 e. The molecule has 2 rings (SSSR count). The highest BCUT2D eigenvalue weighted by Crippen LogP contribution is 2.22. The Morgan fingerprint density at radius 1 is 1.24 bits per heavy atom. The molecule has 0 aliphatic rings. The van der Waals surface area contributed by atoms with Crippen LogP contribution in [0, 0.1) is 4.77 Å². The Labute approximate surface area is 107 Å². The van der Waals surface area contributed by atoms with Crippen LogP contribution in [0.5, 0.6) is 0 Å². The molecule has 2 aromatic rings. The fraction of sp³-hybridized carbons (Fsp3) is 0.286. The molecule has 1 unspecified atom stereocenters. The van der Waals surface area contributed by atoms with Crippen molar-refractivity contribution >= 4 is 12.2 Å². The maximum Gasteiger partial charge on any atom is 0.197 e. The molecule has 1 heterocycles. The van der Waals surface area contributed by atoms with E-state index in [1.807, 2.05) is 6.07 Å². The third-order valence-electron chi connectivity index (χ3n) is 3.08. The van der Waals surface area contributed by atoms with Crippen LogP contribution < -0.4 is 0 Å². The van der Waals surface area contributed by atoms with Crippen molar-refractivity contribution in [2.75, 3.05) is 0 Å². The molecule has 0 radical (unpaired) electrons. The van der Waals surface area contributed by atoms with E-state index in [-0.39, 0.29) is 0 Å². The molecular weight excluding hydrogens is 228 g/mol. The molecule has 1 atom stereocenters. The van der Waals surface area contributed by atoms with Gasteiger partial charge in [-0.1, -0.05) is 38.1 Å². The van der Waals surface area contributed by atoms with E-state index in [4.69, 9.17) is 12.2 Å². The van der Waals surface area contributed by atoms with Crippen LogP contribution in [0.1, 0.15) is 31.7 Å². The molecular formula is C14H16N2S. The van der Waals surface area contributed by atoms with Gasteiger partial charge in [0.15, 0.2) is 4.77 Å². The van der Waals surface area contributed by atoms with Crippen molar-refractivity contribution < 1.29 is 0 Å². The number of hydrogen-bond acceptors (Lipinski definition) is 2. The summed E-state index contributed by atoms with van der Waals surface area (Å²) >= 11 is 5.02. The lowest BCUT2D eigenvalue weighted by Crippen LogP contribution is -1.91. The number of rotatable bonds is 3. The second kappa shape index (κ2) is 5.23. The van der Waals surface area contributed by atoms with Crippen LogP contribution in [0.15, 0.2) is 36.5 Å². The molecule has 0 bridgehead atoms. The predicted molar refractivity (Wildman–Crippen MR) is 73.6 cm³/mol. The molecule has 17 heavy (non-hydrogen) atoms. The Bertz CT molecular complexity index is 543. The standard InChI is InChI=1S/C14H16N2S/c1-3-10(2)11-4-6-12(7-5-11)13-8-9-15-14(17)16-13/h4-10H,3H2,1-2H3,(H,15,16,17). The highest BCUT2D eigenvalue weighted by molar-refractivity contribution is 7.71. The van der Waals surface area contributed by atoms with Crippen LogP contribution in [0.2, 0.25) is 0 Å². The first-order valence-electron chi connectivity index (χ1n) is 5.86. The molecule has 0 aliphatic heterocycles. The molecule has 0 amide bonds. The number of benzene rings is 1. The lowest BCUT2D eigenvalue weighted by molar-refractivity contribution is 0.734. The van der Waals surface area contributed by atoms with E-state index in [2.05, 4.69) is 48.1 Å². The van der Waals surface area contributed by atoms with Crippen molar-refractivity contribution in [3.63, 3.8) is 0 Å². The number of nitrogens with one attached hydrogen (secondary N) is 1. The number of H-pyrrole nitrogens is 1. The first-order chi connectivity index (χ1) is 8.20. The summed E-state index contributed by atoms with van der Waals surface area (Å²) in [6, 6.07) is 10.6. The fourth-order valence-corrected chi connectivity index (χ4v) is 1.93. The molecule has 3 heteroatoms. The highest BCUT2D eigenvalue weighted by Gasteiger charge is 2.03. The molecule has 0 saturated heterocycles. The third kappa shape index (κ3) is 2.80. The Morgan fingerprint density at radius 3 is 2.53 bits per heavy atom. The summed E-state index contributed by atoms with van der Waals surface area (Å²) in [6.07, 6.45) is 2.90. The van der Waals surface area contributed by atoms with Gasteiger partial charge in [-0.25, -0.2) is 4.98 Å². The fourth-order valence-electron chi connectivity index (χ4n) is 1.76. The minimum absolute atomic E-state index is 0.522. The number of hydrogen-bond donors (Lipinski definition) is 1. The monoisotopic (exact) mass is 244 g/mol.